The van der Waals surface area contributed by atoms with E-state index in [1.54, 1.807) is 30.6 Å². The number of nitrogens with one attached hydrogen (secondary N) is 1. The second-order valence-electron chi connectivity index (χ2n) is 5.17. The number of carbonyl (C=O) groups is 1. The minimum absolute atomic E-state index is 0.00314. The zero-order valence-electron chi connectivity index (χ0n) is 13.3. The minimum Gasteiger partial charge on any atom is -0.489 e. The largest absolute Gasteiger partial charge is 0.489 e. The van der Waals surface area contributed by atoms with Crippen LogP contribution in [0.15, 0.2) is 42.7 Å². The van der Waals surface area contributed by atoms with Crippen LogP contribution in [0.5, 0.6) is 5.75 Å². The molecule has 25 heavy (non-hydrogen) atoms. The lowest BCUT2D eigenvalue weighted by molar-refractivity contribution is -0.119. The molecule has 1 amide bonds. The molecule has 0 saturated carbocycles. The highest BCUT2D eigenvalue weighted by Gasteiger charge is 2.11. The van der Waals surface area contributed by atoms with E-state index in [9.17, 15) is 9.90 Å². The van der Waals surface area contributed by atoms with Gasteiger partial charge in [-0.1, -0.05) is 35.3 Å². The summed E-state index contributed by atoms with van der Waals surface area (Å²) in [6, 6.07) is 8.83. The molecule has 5 nitrogen and oxygen atoms in total. The van der Waals surface area contributed by atoms with Gasteiger partial charge in [-0.2, -0.15) is 0 Å². The minimum atomic E-state index is -0.845. The van der Waals surface area contributed by atoms with Crippen molar-refractivity contribution in [1.29, 1.82) is 0 Å². The molecule has 0 fully saturated rings. The van der Waals surface area contributed by atoms with Crippen LogP contribution in [0.3, 0.4) is 0 Å². The number of rotatable bonds is 9. The first-order valence-electron chi connectivity index (χ1n) is 7.54. The lowest BCUT2D eigenvalue weighted by atomic mass is 10.3. The summed E-state index contributed by atoms with van der Waals surface area (Å²) >= 11 is 13.4. The molecule has 0 saturated heterocycles. The van der Waals surface area contributed by atoms with Crippen LogP contribution in [-0.4, -0.2) is 41.0 Å². The Morgan fingerprint density at radius 3 is 2.92 bits per heavy atom. The number of amides is 1. The monoisotopic (exact) mass is 400 g/mol. The lowest BCUT2D eigenvalue weighted by Crippen LogP contribution is -2.36. The summed E-state index contributed by atoms with van der Waals surface area (Å²) in [7, 11) is 0. The maximum Gasteiger partial charge on any atom is 0.230 e. The fourth-order valence-electron chi connectivity index (χ4n) is 1.87. The van der Waals surface area contributed by atoms with Crippen LogP contribution < -0.4 is 10.1 Å². The topological polar surface area (TPSA) is 71.5 Å². The standard InChI is InChI=1S/C17H18Cl2N2O3S/c18-14-4-1-5-15(17(14)19)24-9-13(22)8-21-16(23)11-25-10-12-3-2-6-20-7-12/h1-7,13,22H,8-11H2,(H,21,23). The third-order valence-corrected chi connectivity index (χ3v) is 4.91. The number of carbonyl (C=O) groups excluding carboxylic acids is 1. The number of ether oxygens (including phenoxy) is 1. The summed E-state index contributed by atoms with van der Waals surface area (Å²) in [4.78, 5) is 15.8. The molecule has 0 bridgehead atoms. The molecule has 1 aromatic carbocycles. The number of nitrogens with zero attached hydrogens (tertiary/aromatic N) is 1. The van der Waals surface area contributed by atoms with Gasteiger partial charge in [-0.25, -0.2) is 0 Å². The van der Waals surface area contributed by atoms with Crippen LogP contribution >= 0.6 is 35.0 Å². The highest BCUT2D eigenvalue weighted by molar-refractivity contribution is 7.99. The number of halogens is 2. The van der Waals surface area contributed by atoms with Crippen LogP contribution in [0.4, 0.5) is 0 Å². The smallest absolute Gasteiger partial charge is 0.230 e. The summed E-state index contributed by atoms with van der Waals surface area (Å²) < 4.78 is 5.42. The number of hydrogen-bond donors (Lipinski definition) is 2. The number of hydrogen-bond acceptors (Lipinski definition) is 5. The highest BCUT2D eigenvalue weighted by Crippen LogP contribution is 2.31. The Morgan fingerprint density at radius 1 is 1.32 bits per heavy atom. The van der Waals surface area contributed by atoms with Gasteiger partial charge < -0.3 is 15.2 Å². The molecule has 134 valence electrons. The average Bonchev–Trinajstić information content (AvgIpc) is 2.62. The zero-order chi connectivity index (χ0) is 18.1. The molecular formula is C17H18Cl2N2O3S. The second kappa shape index (κ2) is 10.5. The molecule has 0 radical (unpaired) electrons. The van der Waals surface area contributed by atoms with Gasteiger partial charge in [-0.05, 0) is 23.8 Å². The van der Waals surface area contributed by atoms with Gasteiger partial charge in [0.2, 0.25) is 5.91 Å². The SMILES string of the molecule is O=C(CSCc1cccnc1)NCC(O)COc1cccc(Cl)c1Cl. The van der Waals surface area contributed by atoms with E-state index in [0.29, 0.717) is 27.3 Å². The fourth-order valence-corrected chi connectivity index (χ4v) is 3.01. The Balaban J connectivity index is 1.63. The summed E-state index contributed by atoms with van der Waals surface area (Å²) in [6.45, 7) is 0.105. The highest BCUT2D eigenvalue weighted by atomic mass is 35.5. The molecule has 0 aliphatic rings. The van der Waals surface area contributed by atoms with Gasteiger partial charge in [0.05, 0.1) is 10.8 Å². The summed E-state index contributed by atoms with van der Waals surface area (Å²) in [6.07, 6.45) is 2.63. The number of pyridine rings is 1. The van der Waals surface area contributed by atoms with Gasteiger partial charge in [0.1, 0.15) is 23.5 Å². The molecule has 1 atom stereocenters. The number of aliphatic hydroxyl groups excluding tert-OH is 1. The molecule has 0 spiro atoms. The number of benzene rings is 1. The first kappa shape index (κ1) is 19.8. The normalized spacial score (nSPS) is 11.8. The molecule has 1 unspecified atom stereocenters. The number of aromatic nitrogens is 1. The van der Waals surface area contributed by atoms with Crippen molar-refractivity contribution >= 4 is 40.9 Å². The van der Waals surface area contributed by atoms with Crippen molar-refractivity contribution in [2.24, 2.45) is 0 Å². The van der Waals surface area contributed by atoms with E-state index in [-0.39, 0.29) is 19.1 Å². The summed E-state index contributed by atoms with van der Waals surface area (Å²) in [5, 5.41) is 13.2. The van der Waals surface area contributed by atoms with Gasteiger partial charge in [0.25, 0.3) is 0 Å². The van der Waals surface area contributed by atoms with E-state index in [2.05, 4.69) is 10.3 Å². The molecule has 0 aliphatic carbocycles. The first-order chi connectivity index (χ1) is 12.1. The van der Waals surface area contributed by atoms with Gasteiger partial charge in [-0.15, -0.1) is 11.8 Å². The Labute approximate surface area is 160 Å². The van der Waals surface area contributed by atoms with Crippen molar-refractivity contribution in [3.05, 3.63) is 58.3 Å². The molecule has 2 rings (SSSR count). The Kier molecular flexibility index (Phi) is 8.34. The van der Waals surface area contributed by atoms with E-state index in [1.807, 2.05) is 12.1 Å². The van der Waals surface area contributed by atoms with Crippen LogP contribution in [0.2, 0.25) is 10.0 Å². The molecule has 2 N–H and O–H groups in total. The van der Waals surface area contributed by atoms with Crippen molar-refractivity contribution in [2.45, 2.75) is 11.9 Å². The van der Waals surface area contributed by atoms with E-state index in [1.165, 1.54) is 11.8 Å². The van der Waals surface area contributed by atoms with Crippen molar-refractivity contribution < 1.29 is 14.6 Å². The summed E-state index contributed by atoms with van der Waals surface area (Å²) in [5.41, 5.74) is 1.06. The van der Waals surface area contributed by atoms with Gasteiger partial charge >= 0.3 is 0 Å². The quantitative estimate of drug-likeness (QED) is 0.676. The van der Waals surface area contributed by atoms with Crippen LogP contribution in [0, 0.1) is 0 Å². The molecule has 1 aromatic heterocycles. The first-order valence-corrected chi connectivity index (χ1v) is 9.45. The zero-order valence-corrected chi connectivity index (χ0v) is 15.7. The Bertz CT molecular complexity index is 689. The molecule has 1 heterocycles. The van der Waals surface area contributed by atoms with Crippen molar-refractivity contribution in [2.75, 3.05) is 18.9 Å². The molecular weight excluding hydrogens is 383 g/mol. The van der Waals surface area contributed by atoms with E-state index < -0.39 is 6.10 Å². The van der Waals surface area contributed by atoms with Crippen molar-refractivity contribution in [3.8, 4) is 5.75 Å². The molecule has 2 aromatic rings. The van der Waals surface area contributed by atoms with Crippen molar-refractivity contribution in [3.63, 3.8) is 0 Å². The summed E-state index contributed by atoms with van der Waals surface area (Å²) in [5.74, 6) is 1.27. The maximum atomic E-state index is 11.8. The van der Waals surface area contributed by atoms with E-state index in [0.717, 1.165) is 5.56 Å². The second-order valence-corrected chi connectivity index (χ2v) is 6.95. The van der Waals surface area contributed by atoms with Gasteiger partial charge in [-0.3, -0.25) is 9.78 Å². The van der Waals surface area contributed by atoms with Gasteiger partial charge in [0.15, 0.2) is 0 Å². The van der Waals surface area contributed by atoms with Crippen LogP contribution in [-0.2, 0) is 10.5 Å². The third kappa shape index (κ3) is 7.12. The third-order valence-electron chi connectivity index (χ3n) is 3.11. The number of thioether (sulfide) groups is 1. The molecule has 8 heteroatoms. The Hall–Kier alpha value is -1.47. The van der Waals surface area contributed by atoms with Crippen LogP contribution in [0.25, 0.3) is 0 Å². The predicted molar refractivity (Wildman–Crippen MR) is 101 cm³/mol. The maximum absolute atomic E-state index is 11.8. The Morgan fingerprint density at radius 2 is 2.16 bits per heavy atom. The number of aliphatic hydroxyl groups is 1. The lowest BCUT2D eigenvalue weighted by Gasteiger charge is -2.14. The van der Waals surface area contributed by atoms with Gasteiger partial charge in [0, 0.05) is 24.7 Å². The van der Waals surface area contributed by atoms with E-state index in [4.69, 9.17) is 27.9 Å². The van der Waals surface area contributed by atoms with Crippen LogP contribution in [0.1, 0.15) is 5.56 Å². The predicted octanol–water partition coefficient (Wildman–Crippen LogP) is 3.18. The molecule has 0 aliphatic heterocycles. The fraction of sp³-hybridized carbons (Fsp3) is 0.294. The van der Waals surface area contributed by atoms with E-state index >= 15 is 0 Å². The average molecular weight is 401 g/mol. The van der Waals surface area contributed by atoms with Crippen molar-refractivity contribution in [1.82, 2.24) is 10.3 Å².